The van der Waals surface area contributed by atoms with Crippen LogP contribution in [0.4, 0.5) is 0 Å². The maximum atomic E-state index is 9.06. The molecule has 0 unspecified atom stereocenters. The van der Waals surface area contributed by atoms with Crippen LogP contribution < -0.4 is 5.73 Å². The van der Waals surface area contributed by atoms with Crippen molar-refractivity contribution in [2.75, 3.05) is 26.2 Å². The fourth-order valence-corrected chi connectivity index (χ4v) is 2.49. The van der Waals surface area contributed by atoms with Gasteiger partial charge in [0.05, 0.1) is 0 Å². The molecule has 1 aliphatic rings. The van der Waals surface area contributed by atoms with E-state index in [9.17, 15) is 0 Å². The van der Waals surface area contributed by atoms with Crippen LogP contribution in [0.25, 0.3) is 0 Å². The molecule has 122 valence electrons. The van der Waals surface area contributed by atoms with E-state index in [-0.39, 0.29) is 12.2 Å². The highest BCUT2D eigenvalue weighted by molar-refractivity contribution is 6.40. The summed E-state index contributed by atoms with van der Waals surface area (Å²) in [6.45, 7) is 3.39. The van der Waals surface area contributed by atoms with E-state index in [1.807, 2.05) is 0 Å². The van der Waals surface area contributed by atoms with Gasteiger partial charge in [-0.3, -0.25) is 0 Å². The third kappa shape index (κ3) is 11.6. The van der Waals surface area contributed by atoms with Crippen molar-refractivity contribution in [3.8, 4) is 0 Å². The average Bonchev–Trinajstić information content (AvgIpc) is 2.90. The summed E-state index contributed by atoms with van der Waals surface area (Å²) in [6, 6.07) is 0.203. The molecule has 1 fully saturated rings. The van der Waals surface area contributed by atoms with Crippen molar-refractivity contribution in [3.63, 3.8) is 0 Å². The molecule has 0 aromatic heterocycles. The number of likely N-dealkylation sites (tertiary alicyclic amines) is 1. The summed E-state index contributed by atoms with van der Waals surface area (Å²) in [7, 11) is -1.18. The van der Waals surface area contributed by atoms with Gasteiger partial charge < -0.3 is 25.8 Å². The van der Waals surface area contributed by atoms with Crippen LogP contribution in [-0.4, -0.2) is 65.6 Å². The Morgan fingerprint density at radius 1 is 1.29 bits per heavy atom. The highest BCUT2D eigenvalue weighted by Crippen LogP contribution is 2.16. The van der Waals surface area contributed by atoms with Gasteiger partial charge in [-0.25, -0.2) is 0 Å². The normalized spacial score (nSPS) is 19.5. The van der Waals surface area contributed by atoms with Crippen LogP contribution in [0.1, 0.15) is 32.1 Å². The third-order valence-corrected chi connectivity index (χ3v) is 3.73. The maximum Gasteiger partial charge on any atom is 0.451 e. The van der Waals surface area contributed by atoms with Gasteiger partial charge in [-0.2, -0.15) is 9.59 Å². The minimum Gasteiger partial charge on any atom is -0.427 e. The van der Waals surface area contributed by atoms with Gasteiger partial charge in [-0.1, -0.05) is 12.8 Å². The molecular formula is C13H27BN2O5. The molecule has 2 atom stereocenters. The van der Waals surface area contributed by atoms with Gasteiger partial charge in [0.25, 0.3) is 0 Å². The van der Waals surface area contributed by atoms with Crippen LogP contribution in [0.5, 0.6) is 0 Å². The van der Waals surface area contributed by atoms with Gasteiger partial charge in [0.2, 0.25) is 0 Å². The van der Waals surface area contributed by atoms with E-state index >= 15 is 0 Å². The van der Waals surface area contributed by atoms with Crippen LogP contribution in [0.3, 0.4) is 0 Å². The molecule has 7 nitrogen and oxygen atoms in total. The zero-order valence-corrected chi connectivity index (χ0v) is 12.5. The van der Waals surface area contributed by atoms with E-state index in [1.165, 1.54) is 0 Å². The first kappa shape index (κ1) is 20.2. The second-order valence-corrected chi connectivity index (χ2v) is 5.54. The number of hydrogen-bond acceptors (Lipinski definition) is 7. The second kappa shape index (κ2) is 12.9. The molecule has 8 heteroatoms. The predicted octanol–water partition coefficient (Wildman–Crippen LogP) is -0.922. The van der Waals surface area contributed by atoms with Gasteiger partial charge >= 0.3 is 13.3 Å². The van der Waals surface area contributed by atoms with Crippen LogP contribution >= 0.6 is 0 Å². The molecule has 21 heavy (non-hydrogen) atoms. The average molecular weight is 302 g/mol. The molecule has 1 aliphatic heterocycles. The molecule has 0 saturated carbocycles. The largest absolute Gasteiger partial charge is 0.451 e. The molecule has 1 saturated heterocycles. The fraction of sp³-hybridized carbons (Fsp3) is 0.923. The molecule has 0 radical (unpaired) electrons. The Hall–Kier alpha value is -0.755. The Morgan fingerprint density at radius 3 is 2.48 bits per heavy atom. The van der Waals surface area contributed by atoms with E-state index in [0.717, 1.165) is 51.7 Å². The van der Waals surface area contributed by atoms with Gasteiger partial charge in [-0.15, -0.1) is 0 Å². The predicted molar refractivity (Wildman–Crippen MR) is 78.1 cm³/mol. The first-order valence-electron chi connectivity index (χ1n) is 7.47. The lowest BCUT2D eigenvalue weighted by molar-refractivity contribution is -0.191. The molecule has 0 aliphatic carbocycles. The zero-order valence-electron chi connectivity index (χ0n) is 12.5. The lowest BCUT2D eigenvalue weighted by atomic mass is 9.83. The van der Waals surface area contributed by atoms with Crippen molar-refractivity contribution in [1.82, 2.24) is 4.90 Å². The highest BCUT2D eigenvalue weighted by Gasteiger charge is 2.21. The summed E-state index contributed by atoms with van der Waals surface area (Å²) < 4.78 is 0. The van der Waals surface area contributed by atoms with E-state index in [0.29, 0.717) is 18.8 Å². The monoisotopic (exact) mass is 302 g/mol. The minimum absolute atomic E-state index is 0.203. The third-order valence-electron chi connectivity index (χ3n) is 3.73. The lowest BCUT2D eigenvalue weighted by Gasteiger charge is -2.18. The van der Waals surface area contributed by atoms with Crippen molar-refractivity contribution in [2.45, 2.75) is 44.5 Å². The summed E-state index contributed by atoms with van der Waals surface area (Å²) >= 11 is 0. The summed E-state index contributed by atoms with van der Waals surface area (Å²) in [5, 5.41) is 26.5. The summed E-state index contributed by atoms with van der Waals surface area (Å²) in [5.74, 6) is 0.451. The van der Waals surface area contributed by atoms with E-state index < -0.39 is 7.12 Å². The number of unbranched alkanes of at least 4 members (excludes halogenated alkanes) is 1. The molecule has 5 N–H and O–H groups in total. The minimum atomic E-state index is -1.18. The highest BCUT2D eigenvalue weighted by atomic mass is 16.4. The van der Waals surface area contributed by atoms with Crippen LogP contribution in [0.2, 0.25) is 6.32 Å². The number of nitrogens with two attached hydrogens (primary N) is 1. The molecule has 0 aromatic rings. The van der Waals surface area contributed by atoms with Crippen LogP contribution in [-0.2, 0) is 9.59 Å². The van der Waals surface area contributed by atoms with Crippen molar-refractivity contribution in [2.24, 2.45) is 11.7 Å². The SMILES string of the molecule is N[C@H](CCCCB(O)O)CCN1CC[C@@H](CO)C1.O=C=O. The van der Waals surface area contributed by atoms with Gasteiger partial charge in [-0.05, 0) is 44.6 Å². The number of carbonyl (C=O) groups excluding carboxylic acids is 2. The van der Waals surface area contributed by atoms with E-state index in [1.54, 1.807) is 0 Å². The first-order chi connectivity index (χ1) is 10.0. The zero-order chi connectivity index (χ0) is 16.1. The van der Waals surface area contributed by atoms with Crippen molar-refractivity contribution in [3.05, 3.63) is 0 Å². The molecule has 0 aromatic carbocycles. The van der Waals surface area contributed by atoms with Gasteiger partial charge in [0.1, 0.15) is 0 Å². The fourth-order valence-electron chi connectivity index (χ4n) is 2.49. The summed E-state index contributed by atoms with van der Waals surface area (Å²) in [6.07, 6.45) is 5.50. The first-order valence-corrected chi connectivity index (χ1v) is 7.47. The Bertz CT molecular complexity index is 288. The Labute approximate surface area is 126 Å². The number of hydrogen-bond donors (Lipinski definition) is 4. The Kier molecular flexibility index (Phi) is 12.5. The van der Waals surface area contributed by atoms with Gasteiger partial charge in [0.15, 0.2) is 0 Å². The summed E-state index contributed by atoms with van der Waals surface area (Å²) in [5.41, 5.74) is 6.03. The molecule has 1 heterocycles. The van der Waals surface area contributed by atoms with Crippen molar-refractivity contribution < 1.29 is 24.7 Å². The molecule has 0 bridgehead atoms. The molecular weight excluding hydrogens is 275 g/mol. The standard InChI is InChI=1S/C12H27BN2O3.CO2/c14-12(3-1-2-6-13(17)18)5-8-15-7-4-11(9-15)10-16;2-1-3/h11-12,16-18H,1-10,14H2;/t11-,12-;/m1./s1. The van der Waals surface area contributed by atoms with Gasteiger partial charge in [0, 0.05) is 19.2 Å². The topological polar surface area (TPSA) is 124 Å². The van der Waals surface area contributed by atoms with Crippen molar-refractivity contribution >= 4 is 13.3 Å². The number of aliphatic hydroxyl groups excluding tert-OH is 1. The number of rotatable bonds is 9. The summed E-state index contributed by atoms with van der Waals surface area (Å²) in [4.78, 5) is 18.6. The maximum absolute atomic E-state index is 9.06. The smallest absolute Gasteiger partial charge is 0.427 e. The van der Waals surface area contributed by atoms with Crippen LogP contribution in [0, 0.1) is 5.92 Å². The quantitative estimate of drug-likeness (QED) is 0.320. The molecule has 0 spiro atoms. The number of aliphatic hydroxyl groups is 1. The van der Waals surface area contributed by atoms with Crippen LogP contribution in [0.15, 0.2) is 0 Å². The molecule has 1 rings (SSSR count). The van der Waals surface area contributed by atoms with E-state index in [4.69, 9.17) is 30.5 Å². The number of nitrogens with zero attached hydrogens (tertiary/aromatic N) is 1. The van der Waals surface area contributed by atoms with Crippen molar-refractivity contribution in [1.29, 1.82) is 0 Å². The Balaban J connectivity index is 0.00000122. The van der Waals surface area contributed by atoms with E-state index in [2.05, 4.69) is 4.90 Å². The Morgan fingerprint density at radius 2 is 1.95 bits per heavy atom. The second-order valence-electron chi connectivity index (χ2n) is 5.54. The molecule has 0 amide bonds. The lowest BCUT2D eigenvalue weighted by Crippen LogP contribution is -2.29.